The third-order valence-electron chi connectivity index (χ3n) is 3.54. The molecule has 1 aliphatic rings. The van der Waals surface area contributed by atoms with E-state index in [0.29, 0.717) is 0 Å². The van der Waals surface area contributed by atoms with Crippen LogP contribution >= 0.6 is 0 Å². The molecule has 1 fully saturated rings. The predicted octanol–water partition coefficient (Wildman–Crippen LogP) is 3.37. The normalized spacial score (nSPS) is 27.5. The van der Waals surface area contributed by atoms with Gasteiger partial charge in [0.1, 0.15) is 0 Å². The largest absolute Gasteiger partial charge is 0.320 e. The molecule has 0 aromatic rings. The van der Waals surface area contributed by atoms with Crippen LogP contribution in [0.2, 0.25) is 0 Å². The Hall–Kier alpha value is -0.300. The lowest BCUT2D eigenvalue weighted by Gasteiger charge is -2.31. The molecule has 1 heteroatoms. The van der Waals surface area contributed by atoms with Gasteiger partial charge < -0.3 is 5.32 Å². The molecule has 1 N–H and O–H groups in total. The molecular formula is C13H25N. The van der Waals surface area contributed by atoms with E-state index in [9.17, 15) is 0 Å². The second kappa shape index (κ2) is 7.05. The Bertz CT molecular complexity index is 153. The molecule has 82 valence electrons. The van der Waals surface area contributed by atoms with E-state index in [2.05, 4.69) is 18.0 Å². The molecule has 0 saturated heterocycles. The molecule has 1 rings (SSSR count). The summed E-state index contributed by atoms with van der Waals surface area (Å²) in [6.07, 6.45) is 11.9. The molecule has 1 aliphatic carbocycles. The minimum absolute atomic E-state index is 0.943. The quantitative estimate of drug-likeness (QED) is 0.506. The van der Waals surface area contributed by atoms with Gasteiger partial charge in [-0.1, -0.05) is 25.3 Å². The molecule has 0 aromatic heterocycles. The van der Waals surface area contributed by atoms with Crippen molar-refractivity contribution in [2.45, 2.75) is 44.9 Å². The summed E-state index contributed by atoms with van der Waals surface area (Å²) in [5, 5.41) is 3.23. The first-order valence-corrected chi connectivity index (χ1v) is 6.14. The average Bonchev–Trinajstić information content (AvgIpc) is 2.21. The lowest BCUT2D eigenvalue weighted by molar-refractivity contribution is 0.222. The SMILES string of the molecule is C=CCC1CCCCC1CCCNC. The van der Waals surface area contributed by atoms with E-state index in [1.54, 1.807) is 0 Å². The standard InChI is InChI=1S/C13H25N/c1-3-7-12-8-4-5-9-13(12)10-6-11-14-2/h3,12-14H,1,4-11H2,2H3. The van der Waals surface area contributed by atoms with Gasteiger partial charge in [-0.25, -0.2) is 0 Å². The van der Waals surface area contributed by atoms with Gasteiger partial charge in [0.05, 0.1) is 0 Å². The fourth-order valence-electron chi connectivity index (χ4n) is 2.73. The van der Waals surface area contributed by atoms with E-state index in [1.165, 1.54) is 51.5 Å². The van der Waals surface area contributed by atoms with Crippen molar-refractivity contribution in [3.8, 4) is 0 Å². The summed E-state index contributed by atoms with van der Waals surface area (Å²) >= 11 is 0. The van der Waals surface area contributed by atoms with Crippen molar-refractivity contribution in [3.63, 3.8) is 0 Å². The van der Waals surface area contributed by atoms with Crippen molar-refractivity contribution in [2.75, 3.05) is 13.6 Å². The van der Waals surface area contributed by atoms with Gasteiger partial charge in [0.2, 0.25) is 0 Å². The van der Waals surface area contributed by atoms with E-state index in [0.717, 1.165) is 11.8 Å². The van der Waals surface area contributed by atoms with Crippen molar-refractivity contribution in [1.82, 2.24) is 5.32 Å². The van der Waals surface area contributed by atoms with Crippen molar-refractivity contribution in [1.29, 1.82) is 0 Å². The maximum atomic E-state index is 3.87. The first-order valence-electron chi connectivity index (χ1n) is 6.14. The van der Waals surface area contributed by atoms with Gasteiger partial charge in [-0.2, -0.15) is 0 Å². The Morgan fingerprint density at radius 2 is 2.00 bits per heavy atom. The number of rotatable bonds is 6. The third-order valence-corrected chi connectivity index (χ3v) is 3.54. The molecule has 2 unspecified atom stereocenters. The summed E-state index contributed by atoms with van der Waals surface area (Å²) in [6, 6.07) is 0. The monoisotopic (exact) mass is 195 g/mol. The highest BCUT2D eigenvalue weighted by Gasteiger charge is 2.23. The lowest BCUT2D eigenvalue weighted by atomic mass is 9.75. The van der Waals surface area contributed by atoms with E-state index in [4.69, 9.17) is 0 Å². The van der Waals surface area contributed by atoms with Crippen LogP contribution in [-0.2, 0) is 0 Å². The smallest absolute Gasteiger partial charge is 0.00518 e. The highest BCUT2D eigenvalue weighted by molar-refractivity contribution is 4.81. The van der Waals surface area contributed by atoms with Crippen LogP contribution in [0, 0.1) is 11.8 Å². The average molecular weight is 195 g/mol. The van der Waals surface area contributed by atoms with Crippen molar-refractivity contribution in [2.24, 2.45) is 11.8 Å². The zero-order valence-electron chi connectivity index (χ0n) is 9.60. The second-order valence-corrected chi connectivity index (χ2v) is 4.57. The maximum Gasteiger partial charge on any atom is -0.00518 e. The van der Waals surface area contributed by atoms with Crippen LogP contribution in [0.1, 0.15) is 44.9 Å². The molecule has 0 radical (unpaired) electrons. The Labute approximate surface area is 89.0 Å². The number of hydrogen-bond donors (Lipinski definition) is 1. The minimum Gasteiger partial charge on any atom is -0.320 e. The lowest BCUT2D eigenvalue weighted by Crippen LogP contribution is -2.20. The first-order chi connectivity index (χ1) is 6.88. The second-order valence-electron chi connectivity index (χ2n) is 4.57. The van der Waals surface area contributed by atoms with Crippen LogP contribution in [0.3, 0.4) is 0 Å². The Balaban J connectivity index is 2.26. The van der Waals surface area contributed by atoms with Crippen molar-refractivity contribution in [3.05, 3.63) is 12.7 Å². The fraction of sp³-hybridized carbons (Fsp3) is 0.846. The summed E-state index contributed by atoms with van der Waals surface area (Å²) in [7, 11) is 2.04. The molecule has 0 heterocycles. The summed E-state index contributed by atoms with van der Waals surface area (Å²) in [6.45, 7) is 5.05. The zero-order chi connectivity index (χ0) is 10.2. The molecule has 0 amide bonds. The minimum atomic E-state index is 0.943. The van der Waals surface area contributed by atoms with E-state index < -0.39 is 0 Å². The van der Waals surface area contributed by atoms with E-state index >= 15 is 0 Å². The highest BCUT2D eigenvalue weighted by atomic mass is 14.8. The van der Waals surface area contributed by atoms with Crippen molar-refractivity contribution < 1.29 is 0 Å². The number of allylic oxidation sites excluding steroid dienone is 1. The van der Waals surface area contributed by atoms with Crippen LogP contribution in [0.15, 0.2) is 12.7 Å². The van der Waals surface area contributed by atoms with E-state index in [1.807, 2.05) is 7.05 Å². The topological polar surface area (TPSA) is 12.0 Å². The highest BCUT2D eigenvalue weighted by Crippen LogP contribution is 2.35. The van der Waals surface area contributed by atoms with Gasteiger partial charge in [-0.3, -0.25) is 0 Å². The summed E-state index contributed by atoms with van der Waals surface area (Å²) in [5.74, 6) is 1.92. The van der Waals surface area contributed by atoms with Crippen LogP contribution in [0.5, 0.6) is 0 Å². The molecule has 0 aliphatic heterocycles. The van der Waals surface area contributed by atoms with Crippen molar-refractivity contribution >= 4 is 0 Å². The Kier molecular flexibility index (Phi) is 5.93. The summed E-state index contributed by atoms with van der Waals surface area (Å²) < 4.78 is 0. The predicted molar refractivity (Wildman–Crippen MR) is 63.4 cm³/mol. The summed E-state index contributed by atoms with van der Waals surface area (Å²) in [4.78, 5) is 0. The Morgan fingerprint density at radius 1 is 1.29 bits per heavy atom. The van der Waals surface area contributed by atoms with Gasteiger partial charge in [0, 0.05) is 0 Å². The van der Waals surface area contributed by atoms with Crippen LogP contribution in [-0.4, -0.2) is 13.6 Å². The van der Waals surface area contributed by atoms with Gasteiger partial charge in [0.15, 0.2) is 0 Å². The Morgan fingerprint density at radius 3 is 2.64 bits per heavy atom. The van der Waals surface area contributed by atoms with Crippen LogP contribution < -0.4 is 5.32 Å². The zero-order valence-corrected chi connectivity index (χ0v) is 9.60. The van der Waals surface area contributed by atoms with Crippen LogP contribution in [0.25, 0.3) is 0 Å². The number of hydrogen-bond acceptors (Lipinski definition) is 1. The van der Waals surface area contributed by atoms with Gasteiger partial charge in [-0.05, 0) is 51.1 Å². The van der Waals surface area contributed by atoms with Gasteiger partial charge in [-0.15, -0.1) is 6.58 Å². The third kappa shape index (κ3) is 3.83. The maximum absolute atomic E-state index is 3.87. The van der Waals surface area contributed by atoms with Gasteiger partial charge in [0.25, 0.3) is 0 Å². The molecule has 0 bridgehead atoms. The van der Waals surface area contributed by atoms with Crippen LogP contribution in [0.4, 0.5) is 0 Å². The van der Waals surface area contributed by atoms with Gasteiger partial charge >= 0.3 is 0 Å². The first kappa shape index (κ1) is 11.8. The molecule has 1 saturated carbocycles. The molecule has 14 heavy (non-hydrogen) atoms. The molecular weight excluding hydrogens is 170 g/mol. The molecule has 2 atom stereocenters. The van der Waals surface area contributed by atoms with E-state index in [-0.39, 0.29) is 0 Å². The fourth-order valence-corrected chi connectivity index (χ4v) is 2.73. The molecule has 0 aromatic carbocycles. The molecule has 1 nitrogen and oxygen atoms in total. The molecule has 0 spiro atoms. The summed E-state index contributed by atoms with van der Waals surface area (Å²) in [5.41, 5.74) is 0. The number of nitrogens with one attached hydrogen (secondary N) is 1.